The van der Waals surface area contributed by atoms with E-state index in [0.29, 0.717) is 11.3 Å². The quantitative estimate of drug-likeness (QED) is 0.806. The molecule has 1 unspecified atom stereocenters. The Morgan fingerprint density at radius 1 is 1.40 bits per heavy atom. The van der Waals surface area contributed by atoms with E-state index in [2.05, 4.69) is 31.4 Å². The van der Waals surface area contributed by atoms with E-state index in [1.165, 1.54) is 30.6 Å². The first-order valence-corrected chi connectivity index (χ1v) is 6.75. The predicted octanol–water partition coefficient (Wildman–Crippen LogP) is 3.96. The Kier molecular flexibility index (Phi) is 3.17. The molecule has 0 radical (unpaired) electrons. The van der Waals surface area contributed by atoms with Gasteiger partial charge in [0.15, 0.2) is 0 Å². The lowest BCUT2D eigenvalue weighted by Crippen LogP contribution is -2.28. The molecule has 0 bridgehead atoms. The van der Waals surface area contributed by atoms with Gasteiger partial charge in [0, 0.05) is 10.9 Å². The second kappa shape index (κ2) is 4.26. The number of hydrogen-bond acceptors (Lipinski definition) is 2. The lowest BCUT2D eigenvalue weighted by molar-refractivity contribution is 0.174. The first-order chi connectivity index (χ1) is 7.08. The Morgan fingerprint density at radius 3 is 2.60 bits per heavy atom. The number of rotatable bonds is 2. The van der Waals surface area contributed by atoms with Crippen molar-refractivity contribution in [3.05, 3.63) is 22.4 Å². The minimum atomic E-state index is 0.279. The van der Waals surface area contributed by atoms with E-state index in [4.69, 9.17) is 5.73 Å². The van der Waals surface area contributed by atoms with Gasteiger partial charge in [-0.2, -0.15) is 0 Å². The van der Waals surface area contributed by atoms with Crippen molar-refractivity contribution in [1.29, 1.82) is 0 Å². The summed E-state index contributed by atoms with van der Waals surface area (Å²) in [6.45, 7) is 4.75. The predicted molar refractivity (Wildman–Crippen MR) is 67.0 cm³/mol. The molecule has 0 aromatic carbocycles. The fourth-order valence-electron chi connectivity index (χ4n) is 2.49. The maximum absolute atomic E-state index is 6.31. The molecule has 0 aliphatic heterocycles. The van der Waals surface area contributed by atoms with Gasteiger partial charge in [0.25, 0.3) is 0 Å². The maximum Gasteiger partial charge on any atom is 0.0418 e. The Balaban J connectivity index is 1.96. The van der Waals surface area contributed by atoms with E-state index >= 15 is 0 Å². The number of nitrogens with two attached hydrogens (primary N) is 1. The summed E-state index contributed by atoms with van der Waals surface area (Å²) in [6, 6.07) is 4.56. The zero-order valence-electron chi connectivity index (χ0n) is 9.70. The van der Waals surface area contributed by atoms with Crippen molar-refractivity contribution in [2.24, 2.45) is 17.1 Å². The third kappa shape index (κ3) is 2.61. The Morgan fingerprint density at radius 2 is 2.07 bits per heavy atom. The zero-order valence-corrected chi connectivity index (χ0v) is 10.5. The maximum atomic E-state index is 6.31. The molecule has 84 valence electrons. The summed E-state index contributed by atoms with van der Waals surface area (Å²) >= 11 is 1.80. The minimum absolute atomic E-state index is 0.279. The van der Waals surface area contributed by atoms with Gasteiger partial charge in [0.05, 0.1) is 0 Å². The number of hydrogen-bond donors (Lipinski definition) is 1. The van der Waals surface area contributed by atoms with Crippen molar-refractivity contribution in [3.8, 4) is 0 Å². The Bertz CT molecular complexity index is 292. The highest BCUT2D eigenvalue weighted by atomic mass is 32.1. The normalized spacial score (nSPS) is 23.9. The van der Waals surface area contributed by atoms with Gasteiger partial charge in [0.1, 0.15) is 0 Å². The molecule has 1 aliphatic rings. The summed E-state index contributed by atoms with van der Waals surface area (Å²) in [7, 11) is 0. The summed E-state index contributed by atoms with van der Waals surface area (Å²) in [6.07, 6.45) is 5.26. The van der Waals surface area contributed by atoms with Crippen molar-refractivity contribution >= 4 is 11.3 Å². The Hall–Kier alpha value is -0.340. The van der Waals surface area contributed by atoms with Crippen LogP contribution in [-0.4, -0.2) is 0 Å². The monoisotopic (exact) mass is 223 g/mol. The second-order valence-electron chi connectivity index (χ2n) is 5.54. The number of thiophene rings is 1. The average molecular weight is 223 g/mol. The zero-order chi connectivity index (χ0) is 10.9. The summed E-state index contributed by atoms with van der Waals surface area (Å²) < 4.78 is 0. The van der Waals surface area contributed by atoms with Crippen LogP contribution in [0.25, 0.3) is 0 Å². The SMILES string of the molecule is CC1(C)CCC(C(N)c2cccs2)CC1. The van der Waals surface area contributed by atoms with Crippen molar-refractivity contribution in [2.75, 3.05) is 0 Å². The van der Waals surface area contributed by atoms with Crippen molar-refractivity contribution < 1.29 is 0 Å². The smallest absolute Gasteiger partial charge is 0.0418 e. The van der Waals surface area contributed by atoms with Crippen LogP contribution < -0.4 is 5.73 Å². The molecule has 1 fully saturated rings. The summed E-state index contributed by atoms with van der Waals surface area (Å²) in [4.78, 5) is 1.36. The van der Waals surface area contributed by atoms with Crippen LogP contribution in [0.2, 0.25) is 0 Å². The van der Waals surface area contributed by atoms with Crippen molar-refractivity contribution in [1.82, 2.24) is 0 Å². The minimum Gasteiger partial charge on any atom is -0.323 e. The largest absolute Gasteiger partial charge is 0.323 e. The van der Waals surface area contributed by atoms with Crippen molar-refractivity contribution in [3.63, 3.8) is 0 Å². The molecule has 1 aromatic rings. The summed E-state index contributed by atoms with van der Waals surface area (Å²) in [5.74, 6) is 0.705. The van der Waals surface area contributed by atoms with Gasteiger partial charge in [0.2, 0.25) is 0 Å². The van der Waals surface area contributed by atoms with Crippen molar-refractivity contribution in [2.45, 2.75) is 45.6 Å². The van der Waals surface area contributed by atoms with Crippen LogP contribution in [0, 0.1) is 11.3 Å². The molecule has 0 saturated heterocycles. The molecule has 0 amide bonds. The molecule has 2 heteroatoms. The molecule has 1 aliphatic carbocycles. The fraction of sp³-hybridized carbons (Fsp3) is 0.692. The van der Waals surface area contributed by atoms with Gasteiger partial charge in [-0.1, -0.05) is 19.9 Å². The lowest BCUT2D eigenvalue weighted by atomic mass is 9.71. The molecule has 2 rings (SSSR count). The highest BCUT2D eigenvalue weighted by Crippen LogP contribution is 2.42. The molecule has 1 aromatic heterocycles. The van der Waals surface area contributed by atoms with Crippen LogP contribution in [0.1, 0.15) is 50.4 Å². The topological polar surface area (TPSA) is 26.0 Å². The molecule has 2 N–H and O–H groups in total. The van der Waals surface area contributed by atoms with E-state index in [9.17, 15) is 0 Å². The lowest BCUT2D eigenvalue weighted by Gasteiger charge is -2.36. The molecule has 15 heavy (non-hydrogen) atoms. The molecule has 1 nitrogen and oxygen atoms in total. The first-order valence-electron chi connectivity index (χ1n) is 5.87. The van der Waals surface area contributed by atoms with E-state index in [1.54, 1.807) is 11.3 Å². The second-order valence-corrected chi connectivity index (χ2v) is 6.52. The van der Waals surface area contributed by atoms with Gasteiger partial charge in [-0.25, -0.2) is 0 Å². The summed E-state index contributed by atoms with van der Waals surface area (Å²) in [5.41, 5.74) is 6.86. The van der Waals surface area contributed by atoms with Gasteiger partial charge in [-0.05, 0) is 48.5 Å². The molecule has 1 saturated carbocycles. The molecule has 1 heterocycles. The molecule has 0 spiro atoms. The highest BCUT2D eigenvalue weighted by Gasteiger charge is 2.30. The highest BCUT2D eigenvalue weighted by molar-refractivity contribution is 7.10. The third-order valence-electron chi connectivity index (χ3n) is 3.76. The van der Waals surface area contributed by atoms with E-state index in [-0.39, 0.29) is 6.04 Å². The van der Waals surface area contributed by atoms with E-state index in [1.807, 2.05) is 0 Å². The van der Waals surface area contributed by atoms with Crippen LogP contribution in [0.5, 0.6) is 0 Å². The van der Waals surface area contributed by atoms with E-state index in [0.717, 1.165) is 0 Å². The third-order valence-corrected chi connectivity index (χ3v) is 4.74. The first kappa shape index (κ1) is 11.2. The van der Waals surface area contributed by atoms with Crippen LogP contribution in [0.3, 0.4) is 0 Å². The van der Waals surface area contributed by atoms with Gasteiger partial charge in [-0.15, -0.1) is 11.3 Å². The summed E-state index contributed by atoms with van der Waals surface area (Å²) in [5, 5.41) is 2.13. The molecule has 1 atom stereocenters. The van der Waals surface area contributed by atoms with Gasteiger partial charge in [-0.3, -0.25) is 0 Å². The van der Waals surface area contributed by atoms with Crippen LogP contribution in [-0.2, 0) is 0 Å². The standard InChI is InChI=1S/C13H21NS/c1-13(2)7-5-10(6-8-13)12(14)11-4-3-9-15-11/h3-4,9-10,12H,5-8,14H2,1-2H3. The van der Waals surface area contributed by atoms with Gasteiger partial charge >= 0.3 is 0 Å². The van der Waals surface area contributed by atoms with E-state index < -0.39 is 0 Å². The molecular formula is C13H21NS. The van der Waals surface area contributed by atoms with Gasteiger partial charge < -0.3 is 5.73 Å². The Labute approximate surface area is 96.7 Å². The van der Waals surface area contributed by atoms with Crippen LogP contribution in [0.15, 0.2) is 17.5 Å². The fourth-order valence-corrected chi connectivity index (χ4v) is 3.31. The van der Waals surface area contributed by atoms with Crippen LogP contribution >= 0.6 is 11.3 Å². The molecular weight excluding hydrogens is 202 g/mol. The average Bonchev–Trinajstić information content (AvgIpc) is 2.69. The van der Waals surface area contributed by atoms with Crippen LogP contribution in [0.4, 0.5) is 0 Å².